The first kappa shape index (κ1) is 32.6. The Balaban J connectivity index is 1.02. The molecule has 1 aliphatic rings. The molecule has 0 fully saturated rings. The van der Waals surface area contributed by atoms with Crippen LogP contribution in [0.5, 0.6) is 0 Å². The number of hydrogen-bond acceptors (Lipinski definition) is 1. The SMILES string of the molecule is c1ccc(-c2cc(-c3ccccc3)nc(-c3ccc(-c4cccc(-c5ccc6c(c5)-c5ccccc5C6(c5ccccc5)c5ccccc5)c4)cc3)c2)cc1. The van der Waals surface area contributed by atoms with Crippen LogP contribution in [0, 0.1) is 0 Å². The Bertz CT molecular complexity index is 2670. The molecule has 0 saturated carbocycles. The zero-order valence-electron chi connectivity index (χ0n) is 30.3. The molecule has 1 heterocycles. The molecule has 0 radical (unpaired) electrons. The van der Waals surface area contributed by atoms with Gasteiger partial charge in [-0.2, -0.15) is 0 Å². The Labute approximate surface area is 322 Å². The van der Waals surface area contributed by atoms with Gasteiger partial charge >= 0.3 is 0 Å². The van der Waals surface area contributed by atoms with Gasteiger partial charge in [-0.3, -0.25) is 0 Å². The highest BCUT2D eigenvalue weighted by Crippen LogP contribution is 2.56. The monoisotopic (exact) mass is 699 g/mol. The molecule has 0 aliphatic heterocycles. The number of rotatable bonds is 7. The van der Waals surface area contributed by atoms with Crippen molar-refractivity contribution in [3.63, 3.8) is 0 Å². The maximum absolute atomic E-state index is 5.15. The van der Waals surface area contributed by atoms with Crippen molar-refractivity contribution in [2.45, 2.75) is 5.41 Å². The van der Waals surface area contributed by atoms with Crippen molar-refractivity contribution >= 4 is 0 Å². The molecule has 1 heteroatoms. The maximum atomic E-state index is 5.15. The summed E-state index contributed by atoms with van der Waals surface area (Å²) in [6, 6.07) is 81.2. The predicted molar refractivity (Wildman–Crippen MR) is 229 cm³/mol. The Morgan fingerprint density at radius 3 is 1.31 bits per heavy atom. The lowest BCUT2D eigenvalue weighted by atomic mass is 9.67. The minimum atomic E-state index is -0.395. The molecule has 0 N–H and O–H groups in total. The second-order valence-corrected chi connectivity index (χ2v) is 14.3. The van der Waals surface area contributed by atoms with Crippen molar-refractivity contribution in [3.05, 3.63) is 247 Å². The normalized spacial score (nSPS) is 12.5. The van der Waals surface area contributed by atoms with Crippen LogP contribution in [0.2, 0.25) is 0 Å². The molecule has 9 aromatic rings. The molecule has 0 atom stereocenters. The van der Waals surface area contributed by atoms with Gasteiger partial charge in [-0.25, -0.2) is 4.98 Å². The molecule has 1 aromatic heterocycles. The van der Waals surface area contributed by atoms with Crippen molar-refractivity contribution in [1.29, 1.82) is 0 Å². The first-order valence-corrected chi connectivity index (χ1v) is 19.0. The summed E-state index contributed by atoms with van der Waals surface area (Å²) in [6.45, 7) is 0. The molecule has 10 rings (SSSR count). The number of aromatic nitrogens is 1. The molecule has 0 spiro atoms. The highest BCUT2D eigenvalue weighted by atomic mass is 14.7. The second kappa shape index (κ2) is 13.7. The van der Waals surface area contributed by atoms with Crippen molar-refractivity contribution in [1.82, 2.24) is 4.98 Å². The Morgan fingerprint density at radius 1 is 0.255 bits per heavy atom. The smallest absolute Gasteiger partial charge is 0.0715 e. The van der Waals surface area contributed by atoms with Crippen LogP contribution in [-0.2, 0) is 5.41 Å². The minimum absolute atomic E-state index is 0.395. The van der Waals surface area contributed by atoms with Gasteiger partial charge in [0, 0.05) is 11.1 Å². The fraction of sp³-hybridized carbons (Fsp3) is 0.0185. The highest BCUT2D eigenvalue weighted by Gasteiger charge is 2.45. The number of hydrogen-bond donors (Lipinski definition) is 0. The van der Waals surface area contributed by atoms with E-state index in [1.807, 2.05) is 6.07 Å². The summed E-state index contributed by atoms with van der Waals surface area (Å²) in [5, 5.41) is 0. The zero-order valence-corrected chi connectivity index (χ0v) is 30.3. The summed E-state index contributed by atoms with van der Waals surface area (Å²) < 4.78 is 0. The van der Waals surface area contributed by atoms with Crippen molar-refractivity contribution in [3.8, 4) is 67.0 Å². The molecule has 0 amide bonds. The summed E-state index contributed by atoms with van der Waals surface area (Å²) in [5.41, 5.74) is 18.6. The number of nitrogens with zero attached hydrogens (tertiary/aromatic N) is 1. The molecule has 258 valence electrons. The molecule has 1 nitrogen and oxygen atoms in total. The van der Waals surface area contributed by atoms with E-state index in [2.05, 4.69) is 218 Å². The summed E-state index contributed by atoms with van der Waals surface area (Å²) in [5.74, 6) is 0. The number of fused-ring (bicyclic) bond motifs is 3. The molecule has 0 unspecified atom stereocenters. The van der Waals surface area contributed by atoms with E-state index >= 15 is 0 Å². The summed E-state index contributed by atoms with van der Waals surface area (Å²) in [4.78, 5) is 5.15. The third-order valence-electron chi connectivity index (χ3n) is 11.2. The fourth-order valence-electron chi connectivity index (χ4n) is 8.57. The molecule has 8 aromatic carbocycles. The lowest BCUT2D eigenvalue weighted by molar-refractivity contribution is 0.768. The van der Waals surface area contributed by atoms with E-state index in [0.717, 1.165) is 28.1 Å². The maximum Gasteiger partial charge on any atom is 0.0715 e. The van der Waals surface area contributed by atoms with Crippen LogP contribution >= 0.6 is 0 Å². The van der Waals surface area contributed by atoms with Crippen LogP contribution in [0.25, 0.3) is 67.0 Å². The standard InChI is InChI=1S/C54H37N/c1-5-16-38(17-6-1)45-36-52(40-18-7-2-8-19-40)55-53(37-45)41-30-28-39(29-31-41)42-20-15-21-43(34-42)44-32-33-51-49(35-44)48-26-13-14-27-50(48)54(51,46-22-9-3-10-23-46)47-24-11-4-12-25-47/h1-37H. The van der Waals surface area contributed by atoms with Crippen molar-refractivity contribution in [2.75, 3.05) is 0 Å². The molecular weight excluding hydrogens is 663 g/mol. The Kier molecular flexibility index (Phi) is 8.12. The van der Waals surface area contributed by atoms with Crippen LogP contribution in [-0.4, -0.2) is 4.98 Å². The highest BCUT2D eigenvalue weighted by molar-refractivity contribution is 5.89. The molecular formula is C54H37N. The van der Waals surface area contributed by atoms with Crippen LogP contribution in [0.3, 0.4) is 0 Å². The van der Waals surface area contributed by atoms with Crippen LogP contribution in [0.1, 0.15) is 22.3 Å². The lowest BCUT2D eigenvalue weighted by Crippen LogP contribution is -2.28. The molecule has 55 heavy (non-hydrogen) atoms. The van der Waals surface area contributed by atoms with Gasteiger partial charge in [-0.05, 0) is 91.0 Å². The van der Waals surface area contributed by atoms with E-state index in [0.29, 0.717) is 0 Å². The topological polar surface area (TPSA) is 12.9 Å². The minimum Gasteiger partial charge on any atom is -0.248 e. The van der Waals surface area contributed by atoms with E-state index in [4.69, 9.17) is 4.98 Å². The van der Waals surface area contributed by atoms with Crippen LogP contribution in [0.15, 0.2) is 224 Å². The molecule has 1 aliphatic carbocycles. The third-order valence-corrected chi connectivity index (χ3v) is 11.2. The van der Waals surface area contributed by atoms with E-state index in [1.54, 1.807) is 0 Å². The molecule has 0 saturated heterocycles. The van der Waals surface area contributed by atoms with Gasteiger partial charge in [0.1, 0.15) is 0 Å². The molecule has 0 bridgehead atoms. The Morgan fingerprint density at radius 2 is 0.673 bits per heavy atom. The van der Waals surface area contributed by atoms with E-state index in [1.165, 1.54) is 61.2 Å². The summed E-state index contributed by atoms with van der Waals surface area (Å²) >= 11 is 0. The van der Waals surface area contributed by atoms with Gasteiger partial charge in [0.05, 0.1) is 16.8 Å². The van der Waals surface area contributed by atoms with E-state index < -0.39 is 5.41 Å². The number of pyridine rings is 1. The van der Waals surface area contributed by atoms with Crippen LogP contribution < -0.4 is 0 Å². The van der Waals surface area contributed by atoms with Gasteiger partial charge < -0.3 is 0 Å². The van der Waals surface area contributed by atoms with Crippen molar-refractivity contribution < 1.29 is 0 Å². The van der Waals surface area contributed by atoms with Crippen molar-refractivity contribution in [2.24, 2.45) is 0 Å². The van der Waals surface area contributed by atoms with Gasteiger partial charge in [0.2, 0.25) is 0 Å². The van der Waals surface area contributed by atoms with Gasteiger partial charge in [-0.15, -0.1) is 0 Å². The zero-order chi connectivity index (χ0) is 36.6. The first-order valence-electron chi connectivity index (χ1n) is 19.0. The first-order chi connectivity index (χ1) is 27.3. The average Bonchev–Trinajstić information content (AvgIpc) is 3.58. The summed E-state index contributed by atoms with van der Waals surface area (Å²) in [7, 11) is 0. The van der Waals surface area contributed by atoms with Gasteiger partial charge in [0.25, 0.3) is 0 Å². The summed E-state index contributed by atoms with van der Waals surface area (Å²) in [6.07, 6.45) is 0. The predicted octanol–water partition coefficient (Wildman–Crippen LogP) is 13.8. The third kappa shape index (κ3) is 5.69. The Hall–Kier alpha value is -7.09. The number of benzene rings is 8. The van der Waals surface area contributed by atoms with Crippen LogP contribution in [0.4, 0.5) is 0 Å². The second-order valence-electron chi connectivity index (χ2n) is 14.3. The largest absolute Gasteiger partial charge is 0.248 e. The fourth-order valence-corrected chi connectivity index (χ4v) is 8.57. The van der Waals surface area contributed by atoms with E-state index in [9.17, 15) is 0 Å². The average molecular weight is 700 g/mol. The van der Waals surface area contributed by atoms with Gasteiger partial charge in [0.15, 0.2) is 0 Å². The lowest BCUT2D eigenvalue weighted by Gasteiger charge is -2.33. The van der Waals surface area contributed by atoms with E-state index in [-0.39, 0.29) is 0 Å². The quantitative estimate of drug-likeness (QED) is 0.161. The van der Waals surface area contributed by atoms with Gasteiger partial charge in [-0.1, -0.05) is 200 Å².